The Hall–Kier alpha value is -3.45. The molecule has 134 valence electrons. The maximum Gasteiger partial charge on any atom is 0.229 e. The zero-order valence-corrected chi connectivity index (χ0v) is 14.7. The van der Waals surface area contributed by atoms with E-state index < -0.39 is 0 Å². The number of hydrogen-bond acceptors (Lipinski definition) is 5. The molecule has 6 nitrogen and oxygen atoms in total. The van der Waals surface area contributed by atoms with Gasteiger partial charge in [-0.05, 0) is 42.5 Å². The number of aromatic nitrogens is 4. The third kappa shape index (κ3) is 4.04. The second-order valence-electron chi connectivity index (χ2n) is 5.70. The quantitative estimate of drug-likeness (QED) is 0.446. The molecule has 0 atom stereocenters. The summed E-state index contributed by atoms with van der Waals surface area (Å²) in [5.74, 6) is 0.491. The lowest BCUT2D eigenvalue weighted by molar-refractivity contribution is 0.628. The van der Waals surface area contributed by atoms with Crippen LogP contribution in [-0.4, -0.2) is 20.2 Å². The van der Waals surface area contributed by atoms with E-state index in [0.29, 0.717) is 22.5 Å². The first-order valence-corrected chi connectivity index (χ1v) is 8.47. The number of hydrogen-bond donors (Lipinski definition) is 3. The van der Waals surface area contributed by atoms with Crippen LogP contribution in [0.2, 0.25) is 5.02 Å². The number of halogens is 2. The van der Waals surface area contributed by atoms with E-state index >= 15 is 0 Å². The summed E-state index contributed by atoms with van der Waals surface area (Å²) < 4.78 is 13.1. The maximum atomic E-state index is 13.1. The van der Waals surface area contributed by atoms with E-state index in [9.17, 15) is 4.39 Å². The van der Waals surface area contributed by atoms with Gasteiger partial charge in [-0.3, -0.25) is 5.10 Å². The van der Waals surface area contributed by atoms with Crippen molar-refractivity contribution in [3.05, 3.63) is 77.8 Å². The molecule has 4 rings (SSSR count). The number of aromatic amines is 1. The van der Waals surface area contributed by atoms with Crippen LogP contribution >= 0.6 is 11.6 Å². The first-order chi connectivity index (χ1) is 13.2. The van der Waals surface area contributed by atoms with Crippen molar-refractivity contribution in [1.82, 2.24) is 20.2 Å². The Balaban J connectivity index is 1.56. The van der Waals surface area contributed by atoms with Crippen LogP contribution in [0.25, 0.3) is 11.3 Å². The van der Waals surface area contributed by atoms with Crippen molar-refractivity contribution in [2.24, 2.45) is 0 Å². The van der Waals surface area contributed by atoms with Crippen LogP contribution in [0.15, 0.2) is 67.0 Å². The molecular formula is C19H14ClFN6. The average Bonchev–Trinajstić information content (AvgIpc) is 3.21. The number of H-pyrrole nitrogens is 1. The molecule has 0 saturated heterocycles. The Bertz CT molecular complexity index is 1050. The molecule has 3 N–H and O–H groups in total. The highest BCUT2D eigenvalue weighted by Crippen LogP contribution is 2.26. The minimum absolute atomic E-state index is 0.311. The summed E-state index contributed by atoms with van der Waals surface area (Å²) in [6, 6.07) is 15.6. The van der Waals surface area contributed by atoms with Crippen LogP contribution in [0.4, 0.5) is 27.5 Å². The molecule has 2 heterocycles. The normalized spacial score (nSPS) is 10.6. The molecule has 0 fully saturated rings. The van der Waals surface area contributed by atoms with Crippen molar-refractivity contribution >= 4 is 34.7 Å². The molecule has 0 saturated carbocycles. The van der Waals surface area contributed by atoms with Crippen molar-refractivity contribution in [2.45, 2.75) is 0 Å². The van der Waals surface area contributed by atoms with Gasteiger partial charge >= 0.3 is 0 Å². The van der Waals surface area contributed by atoms with E-state index in [2.05, 4.69) is 30.8 Å². The van der Waals surface area contributed by atoms with Gasteiger partial charge in [-0.25, -0.2) is 9.37 Å². The van der Waals surface area contributed by atoms with Gasteiger partial charge in [-0.1, -0.05) is 23.7 Å². The standard InChI is InChI=1S/C19H14ClFN6/c20-16-11-22-19(26-18(16)24-14-6-4-13(21)5-7-14)25-15-3-1-2-12(10-15)17-8-9-23-27-17/h1-11H,(H,23,27)(H2,22,24,25,26). The predicted molar refractivity (Wildman–Crippen MR) is 104 cm³/mol. The third-order valence-corrected chi connectivity index (χ3v) is 4.06. The summed E-state index contributed by atoms with van der Waals surface area (Å²) in [5, 5.41) is 13.5. The Morgan fingerprint density at radius 2 is 1.81 bits per heavy atom. The highest BCUT2D eigenvalue weighted by molar-refractivity contribution is 6.32. The smallest absolute Gasteiger partial charge is 0.229 e. The van der Waals surface area contributed by atoms with Gasteiger partial charge in [0.05, 0.1) is 11.9 Å². The number of nitrogens with one attached hydrogen (secondary N) is 3. The van der Waals surface area contributed by atoms with E-state index in [0.717, 1.165) is 16.9 Å². The van der Waals surface area contributed by atoms with Crippen molar-refractivity contribution < 1.29 is 4.39 Å². The summed E-state index contributed by atoms with van der Waals surface area (Å²) >= 11 is 6.17. The van der Waals surface area contributed by atoms with Gasteiger partial charge in [0.1, 0.15) is 10.8 Å². The van der Waals surface area contributed by atoms with Crippen molar-refractivity contribution in [2.75, 3.05) is 10.6 Å². The highest BCUT2D eigenvalue weighted by Gasteiger charge is 2.08. The van der Waals surface area contributed by atoms with Crippen LogP contribution in [-0.2, 0) is 0 Å². The van der Waals surface area contributed by atoms with Crippen molar-refractivity contribution in [3.63, 3.8) is 0 Å². The zero-order valence-electron chi connectivity index (χ0n) is 13.9. The van der Waals surface area contributed by atoms with Crippen LogP contribution in [0.5, 0.6) is 0 Å². The lowest BCUT2D eigenvalue weighted by Gasteiger charge is -2.10. The number of anilines is 4. The molecule has 0 bridgehead atoms. The van der Waals surface area contributed by atoms with Crippen molar-refractivity contribution in [1.29, 1.82) is 0 Å². The van der Waals surface area contributed by atoms with E-state index in [1.54, 1.807) is 18.3 Å². The maximum absolute atomic E-state index is 13.1. The third-order valence-electron chi connectivity index (χ3n) is 3.78. The highest BCUT2D eigenvalue weighted by atomic mass is 35.5. The molecule has 2 aromatic heterocycles. The van der Waals surface area contributed by atoms with E-state index in [-0.39, 0.29) is 5.82 Å². The first-order valence-electron chi connectivity index (χ1n) is 8.09. The Morgan fingerprint density at radius 3 is 2.59 bits per heavy atom. The van der Waals surface area contributed by atoms with Crippen LogP contribution in [0.3, 0.4) is 0 Å². The molecule has 0 spiro atoms. The van der Waals surface area contributed by atoms with Gasteiger partial charge in [0.15, 0.2) is 5.82 Å². The first kappa shape index (κ1) is 17.0. The minimum atomic E-state index is -0.311. The lowest BCUT2D eigenvalue weighted by atomic mass is 10.1. The fraction of sp³-hybridized carbons (Fsp3) is 0. The molecule has 0 amide bonds. The van der Waals surface area contributed by atoms with Gasteiger partial charge in [0.2, 0.25) is 5.95 Å². The molecule has 0 unspecified atom stereocenters. The molecule has 4 aromatic rings. The fourth-order valence-electron chi connectivity index (χ4n) is 2.50. The monoisotopic (exact) mass is 380 g/mol. The van der Waals surface area contributed by atoms with Gasteiger partial charge < -0.3 is 10.6 Å². The van der Waals surface area contributed by atoms with E-state index in [1.165, 1.54) is 18.3 Å². The SMILES string of the molecule is Fc1ccc(Nc2nc(Nc3cccc(-c4ccn[nH]4)c3)ncc2Cl)cc1. The van der Waals surface area contributed by atoms with Crippen LogP contribution < -0.4 is 10.6 Å². The van der Waals surface area contributed by atoms with Crippen LogP contribution in [0.1, 0.15) is 0 Å². The van der Waals surface area contributed by atoms with Gasteiger partial charge in [-0.15, -0.1) is 0 Å². The molecule has 0 aliphatic rings. The summed E-state index contributed by atoms with van der Waals surface area (Å²) in [6.45, 7) is 0. The molecule has 27 heavy (non-hydrogen) atoms. The summed E-state index contributed by atoms with van der Waals surface area (Å²) in [7, 11) is 0. The van der Waals surface area contributed by atoms with Gasteiger partial charge in [0.25, 0.3) is 0 Å². The average molecular weight is 381 g/mol. The molecule has 2 aromatic carbocycles. The second kappa shape index (κ2) is 7.43. The second-order valence-corrected chi connectivity index (χ2v) is 6.11. The Kier molecular flexibility index (Phi) is 4.67. The molecular weight excluding hydrogens is 367 g/mol. The summed E-state index contributed by atoms with van der Waals surface area (Å²) in [4.78, 5) is 8.61. The van der Waals surface area contributed by atoms with Crippen LogP contribution in [0, 0.1) is 5.82 Å². The van der Waals surface area contributed by atoms with Crippen molar-refractivity contribution in [3.8, 4) is 11.3 Å². The van der Waals surface area contributed by atoms with Gasteiger partial charge in [0, 0.05) is 23.1 Å². The Labute approximate surface area is 159 Å². The van der Waals surface area contributed by atoms with E-state index in [1.807, 2.05) is 30.3 Å². The predicted octanol–water partition coefficient (Wildman–Crippen LogP) is 5.15. The number of benzene rings is 2. The fourth-order valence-corrected chi connectivity index (χ4v) is 2.63. The molecule has 0 aliphatic heterocycles. The Morgan fingerprint density at radius 1 is 0.963 bits per heavy atom. The topological polar surface area (TPSA) is 78.5 Å². The molecule has 0 radical (unpaired) electrons. The molecule has 0 aliphatic carbocycles. The number of nitrogens with zero attached hydrogens (tertiary/aromatic N) is 3. The van der Waals surface area contributed by atoms with E-state index in [4.69, 9.17) is 11.6 Å². The largest absolute Gasteiger partial charge is 0.339 e. The lowest BCUT2D eigenvalue weighted by Crippen LogP contribution is -2.01. The summed E-state index contributed by atoms with van der Waals surface area (Å²) in [6.07, 6.45) is 3.20. The van der Waals surface area contributed by atoms with Gasteiger partial charge in [-0.2, -0.15) is 10.1 Å². The molecule has 8 heteroatoms. The zero-order chi connectivity index (χ0) is 18.6. The minimum Gasteiger partial charge on any atom is -0.339 e. The summed E-state index contributed by atoms with van der Waals surface area (Å²) in [5.41, 5.74) is 3.38. The number of rotatable bonds is 5.